The van der Waals surface area contributed by atoms with Gasteiger partial charge >= 0.3 is 0 Å². The molecule has 1 aliphatic heterocycles. The predicted molar refractivity (Wildman–Crippen MR) is 73.4 cm³/mol. The number of ether oxygens (including phenoxy) is 1. The summed E-state index contributed by atoms with van der Waals surface area (Å²) in [7, 11) is 2.23. The molecule has 3 heteroatoms. The van der Waals surface area contributed by atoms with Crippen LogP contribution in [0.4, 0.5) is 0 Å². The highest BCUT2D eigenvalue weighted by molar-refractivity contribution is 4.88. The normalized spacial score (nSPS) is 25.8. The van der Waals surface area contributed by atoms with Crippen molar-refractivity contribution in [1.82, 2.24) is 10.2 Å². The van der Waals surface area contributed by atoms with E-state index in [2.05, 4.69) is 45.0 Å². The number of hydrogen-bond donors (Lipinski definition) is 1. The summed E-state index contributed by atoms with van der Waals surface area (Å²) in [5, 5.41) is 3.49. The summed E-state index contributed by atoms with van der Waals surface area (Å²) in [4.78, 5) is 2.46. The molecule has 1 N–H and O–H groups in total. The average Bonchev–Trinajstić information content (AvgIpc) is 2.60. The third-order valence-electron chi connectivity index (χ3n) is 3.28. The Morgan fingerprint density at radius 3 is 2.53 bits per heavy atom. The first kappa shape index (κ1) is 14.9. The van der Waals surface area contributed by atoms with Crippen molar-refractivity contribution in [1.29, 1.82) is 0 Å². The van der Waals surface area contributed by atoms with Crippen molar-refractivity contribution in [2.24, 2.45) is 10.8 Å². The smallest absolute Gasteiger partial charge is 0.0547 e. The summed E-state index contributed by atoms with van der Waals surface area (Å²) in [6.07, 6.45) is 1.19. The zero-order chi connectivity index (χ0) is 12.9. The van der Waals surface area contributed by atoms with Gasteiger partial charge in [0, 0.05) is 31.7 Å². The molecule has 1 unspecified atom stereocenters. The molecular formula is C14H30N2O. The molecule has 1 atom stereocenters. The van der Waals surface area contributed by atoms with E-state index in [1.807, 2.05) is 0 Å². The van der Waals surface area contributed by atoms with Gasteiger partial charge in [-0.1, -0.05) is 27.7 Å². The first-order valence-electron chi connectivity index (χ1n) is 6.84. The third kappa shape index (κ3) is 5.36. The first-order valence-corrected chi connectivity index (χ1v) is 6.84. The molecule has 17 heavy (non-hydrogen) atoms. The minimum Gasteiger partial charge on any atom is -0.381 e. The van der Waals surface area contributed by atoms with Crippen LogP contribution in [0.25, 0.3) is 0 Å². The summed E-state index contributed by atoms with van der Waals surface area (Å²) in [6.45, 7) is 15.3. The van der Waals surface area contributed by atoms with Gasteiger partial charge in [0.2, 0.25) is 0 Å². The molecule has 0 aromatic rings. The molecule has 0 spiro atoms. The Labute approximate surface area is 107 Å². The second kappa shape index (κ2) is 6.17. The minimum absolute atomic E-state index is 0.329. The average molecular weight is 242 g/mol. The van der Waals surface area contributed by atoms with E-state index in [0.29, 0.717) is 10.8 Å². The van der Waals surface area contributed by atoms with Gasteiger partial charge in [-0.25, -0.2) is 0 Å². The van der Waals surface area contributed by atoms with Crippen molar-refractivity contribution in [3.05, 3.63) is 0 Å². The molecule has 0 aromatic carbocycles. The zero-order valence-corrected chi connectivity index (χ0v) is 12.3. The second-order valence-electron chi connectivity index (χ2n) is 6.82. The Morgan fingerprint density at radius 1 is 1.35 bits per heavy atom. The summed E-state index contributed by atoms with van der Waals surface area (Å²) in [5.41, 5.74) is 0.698. The molecule has 102 valence electrons. The van der Waals surface area contributed by atoms with E-state index in [4.69, 9.17) is 4.74 Å². The van der Waals surface area contributed by atoms with Crippen molar-refractivity contribution in [3.8, 4) is 0 Å². The van der Waals surface area contributed by atoms with Gasteiger partial charge in [-0.2, -0.15) is 0 Å². The van der Waals surface area contributed by atoms with Crippen LogP contribution < -0.4 is 5.32 Å². The van der Waals surface area contributed by atoms with E-state index in [-0.39, 0.29) is 0 Å². The summed E-state index contributed by atoms with van der Waals surface area (Å²) in [5.74, 6) is 0. The quantitative estimate of drug-likeness (QED) is 0.771. The van der Waals surface area contributed by atoms with Crippen LogP contribution in [0.5, 0.6) is 0 Å². The van der Waals surface area contributed by atoms with Crippen LogP contribution in [0.3, 0.4) is 0 Å². The fraction of sp³-hybridized carbons (Fsp3) is 1.00. The van der Waals surface area contributed by atoms with Crippen LogP contribution in [0.2, 0.25) is 0 Å². The zero-order valence-electron chi connectivity index (χ0n) is 12.3. The largest absolute Gasteiger partial charge is 0.381 e. The molecule has 0 bridgehead atoms. The van der Waals surface area contributed by atoms with Gasteiger partial charge in [-0.3, -0.25) is 0 Å². The number of rotatable bonds is 6. The van der Waals surface area contributed by atoms with Gasteiger partial charge in [0.05, 0.1) is 6.61 Å². The maximum Gasteiger partial charge on any atom is 0.0547 e. The molecule has 3 nitrogen and oxygen atoms in total. The molecule has 1 heterocycles. The van der Waals surface area contributed by atoms with Crippen molar-refractivity contribution in [2.75, 3.05) is 46.4 Å². The molecule has 0 radical (unpaired) electrons. The summed E-state index contributed by atoms with van der Waals surface area (Å²) < 4.78 is 5.62. The molecule has 0 aliphatic carbocycles. The minimum atomic E-state index is 0.329. The van der Waals surface area contributed by atoms with Crippen LogP contribution in [0.1, 0.15) is 34.1 Å². The lowest BCUT2D eigenvalue weighted by atomic mass is 9.85. The number of nitrogens with one attached hydrogen (secondary N) is 1. The summed E-state index contributed by atoms with van der Waals surface area (Å²) in [6, 6.07) is 0. The van der Waals surface area contributed by atoms with Crippen molar-refractivity contribution in [2.45, 2.75) is 34.1 Å². The van der Waals surface area contributed by atoms with Gasteiger partial charge in [-0.15, -0.1) is 0 Å². The topological polar surface area (TPSA) is 24.5 Å². The van der Waals surface area contributed by atoms with Gasteiger partial charge in [0.15, 0.2) is 0 Å². The predicted octanol–water partition coefficient (Wildman–Crippen LogP) is 1.98. The maximum absolute atomic E-state index is 5.62. The molecular weight excluding hydrogens is 212 g/mol. The van der Waals surface area contributed by atoms with Crippen LogP contribution in [0.15, 0.2) is 0 Å². The second-order valence-corrected chi connectivity index (χ2v) is 6.82. The molecule has 1 rings (SSSR count). The van der Waals surface area contributed by atoms with Crippen molar-refractivity contribution in [3.63, 3.8) is 0 Å². The Balaban J connectivity index is 2.48. The highest BCUT2D eigenvalue weighted by Crippen LogP contribution is 2.29. The Kier molecular flexibility index (Phi) is 5.42. The van der Waals surface area contributed by atoms with Crippen molar-refractivity contribution >= 4 is 0 Å². The van der Waals surface area contributed by atoms with Crippen LogP contribution >= 0.6 is 0 Å². The fourth-order valence-corrected chi connectivity index (χ4v) is 2.80. The third-order valence-corrected chi connectivity index (χ3v) is 3.28. The Morgan fingerprint density at radius 2 is 2.06 bits per heavy atom. The van der Waals surface area contributed by atoms with E-state index in [1.165, 1.54) is 6.42 Å². The SMILES string of the molecule is CCNCC1(CN(C)CC(C)(C)C)CCOC1. The Bertz CT molecular complexity index is 217. The van der Waals surface area contributed by atoms with Gasteiger partial charge in [0.1, 0.15) is 0 Å². The molecule has 1 fully saturated rings. The van der Waals surface area contributed by atoms with E-state index < -0.39 is 0 Å². The highest BCUT2D eigenvalue weighted by atomic mass is 16.5. The lowest BCUT2D eigenvalue weighted by Gasteiger charge is -2.35. The van der Waals surface area contributed by atoms with Gasteiger partial charge < -0.3 is 15.0 Å². The van der Waals surface area contributed by atoms with Gasteiger partial charge in [-0.05, 0) is 25.4 Å². The lowest BCUT2D eigenvalue weighted by molar-refractivity contribution is 0.104. The van der Waals surface area contributed by atoms with E-state index in [1.54, 1.807) is 0 Å². The van der Waals surface area contributed by atoms with E-state index in [0.717, 1.165) is 39.4 Å². The summed E-state index contributed by atoms with van der Waals surface area (Å²) >= 11 is 0. The molecule has 0 aromatic heterocycles. The maximum atomic E-state index is 5.62. The van der Waals surface area contributed by atoms with Crippen LogP contribution in [-0.4, -0.2) is 51.3 Å². The van der Waals surface area contributed by atoms with E-state index >= 15 is 0 Å². The molecule has 1 aliphatic rings. The lowest BCUT2D eigenvalue weighted by Crippen LogP contribution is -2.45. The molecule has 1 saturated heterocycles. The first-order chi connectivity index (χ1) is 7.87. The standard InChI is InChI=1S/C14H30N2O/c1-6-15-9-14(7-8-17-12-14)11-16(5)10-13(2,3)4/h15H,6-12H2,1-5H3. The fourth-order valence-electron chi connectivity index (χ4n) is 2.80. The van der Waals surface area contributed by atoms with Crippen LogP contribution in [-0.2, 0) is 4.74 Å². The van der Waals surface area contributed by atoms with Crippen LogP contribution in [0, 0.1) is 10.8 Å². The Hall–Kier alpha value is -0.120. The number of hydrogen-bond acceptors (Lipinski definition) is 3. The monoisotopic (exact) mass is 242 g/mol. The van der Waals surface area contributed by atoms with Crippen molar-refractivity contribution < 1.29 is 4.74 Å². The van der Waals surface area contributed by atoms with E-state index in [9.17, 15) is 0 Å². The van der Waals surface area contributed by atoms with Gasteiger partial charge in [0.25, 0.3) is 0 Å². The molecule has 0 saturated carbocycles. The number of nitrogens with zero attached hydrogens (tertiary/aromatic N) is 1. The highest BCUT2D eigenvalue weighted by Gasteiger charge is 2.36. The molecule has 0 amide bonds.